The molecule has 2 N–H and O–H groups in total. The third-order valence-electron chi connectivity index (χ3n) is 3.98. The Balaban J connectivity index is 1.94. The molecule has 25 heavy (non-hydrogen) atoms. The number of carbonyl (C=O) groups excluding carboxylic acids is 1. The number of hydrogen-bond donors (Lipinski definition) is 2. The van der Waals surface area contributed by atoms with Gasteiger partial charge in [0.1, 0.15) is 11.4 Å². The predicted molar refractivity (Wildman–Crippen MR) is 96.7 cm³/mol. The fourth-order valence-electron chi connectivity index (χ4n) is 2.99. The Morgan fingerprint density at radius 2 is 2.16 bits per heavy atom. The highest BCUT2D eigenvalue weighted by Gasteiger charge is 2.23. The molecule has 0 bridgehead atoms. The first-order valence-electron chi connectivity index (χ1n) is 9.00. The van der Waals surface area contributed by atoms with Gasteiger partial charge in [-0.25, -0.2) is 9.78 Å². The molecule has 0 aliphatic carbocycles. The van der Waals surface area contributed by atoms with Gasteiger partial charge in [0.2, 0.25) is 0 Å². The van der Waals surface area contributed by atoms with E-state index >= 15 is 0 Å². The molecule has 1 unspecified atom stereocenters. The lowest BCUT2D eigenvalue weighted by molar-refractivity contribution is 0.0495. The number of alkyl carbamates (subject to hydrolysis) is 1. The first-order valence-corrected chi connectivity index (χ1v) is 9.00. The predicted octanol–water partition coefficient (Wildman–Crippen LogP) is 1.99. The van der Waals surface area contributed by atoms with Crippen LogP contribution in [0.3, 0.4) is 0 Å². The summed E-state index contributed by atoms with van der Waals surface area (Å²) in [5.41, 5.74) is 1.11. The second kappa shape index (κ2) is 7.99. The van der Waals surface area contributed by atoms with Crippen LogP contribution in [-0.4, -0.2) is 45.7 Å². The van der Waals surface area contributed by atoms with E-state index in [0.717, 1.165) is 42.9 Å². The number of carbonyl (C=O) groups is 1. The summed E-state index contributed by atoms with van der Waals surface area (Å²) < 4.78 is 5.28. The van der Waals surface area contributed by atoms with E-state index in [-0.39, 0.29) is 11.6 Å². The quantitative estimate of drug-likeness (QED) is 0.848. The number of nitrogens with zero attached hydrogens (tertiary/aromatic N) is 2. The molecule has 7 heteroatoms. The topological polar surface area (TPSA) is 87.3 Å². The SMILES string of the molecule is CCCc1nc2c(c(=O)[nH]1)CN(CC(C)NC(=O)OC(C)(C)C)CC2. The molecule has 1 aromatic heterocycles. The second-order valence-electron chi connectivity index (χ2n) is 7.72. The van der Waals surface area contributed by atoms with Crippen LogP contribution in [0.25, 0.3) is 0 Å². The molecule has 0 aromatic carbocycles. The first kappa shape index (κ1) is 19.4. The summed E-state index contributed by atoms with van der Waals surface area (Å²) >= 11 is 0. The number of aromatic amines is 1. The molecule has 1 amide bonds. The average molecular weight is 350 g/mol. The molecule has 2 rings (SSSR count). The lowest BCUT2D eigenvalue weighted by Gasteiger charge is -2.30. The zero-order valence-electron chi connectivity index (χ0n) is 15.9. The largest absolute Gasteiger partial charge is 0.444 e. The van der Waals surface area contributed by atoms with Gasteiger partial charge in [-0.15, -0.1) is 0 Å². The number of amides is 1. The Bertz CT molecular complexity index is 663. The summed E-state index contributed by atoms with van der Waals surface area (Å²) in [7, 11) is 0. The molecule has 0 fully saturated rings. The van der Waals surface area contributed by atoms with Crippen molar-refractivity contribution in [3.63, 3.8) is 0 Å². The summed E-state index contributed by atoms with van der Waals surface area (Å²) in [5, 5.41) is 2.84. The highest BCUT2D eigenvalue weighted by molar-refractivity contribution is 5.68. The van der Waals surface area contributed by atoms with Gasteiger partial charge in [0.25, 0.3) is 5.56 Å². The van der Waals surface area contributed by atoms with Gasteiger partial charge in [0.05, 0.1) is 11.3 Å². The number of rotatable bonds is 5. The summed E-state index contributed by atoms with van der Waals surface area (Å²) in [6.07, 6.45) is 2.10. The summed E-state index contributed by atoms with van der Waals surface area (Å²) in [6.45, 7) is 11.6. The molecular formula is C18H30N4O3. The standard InChI is InChI=1S/C18H30N4O3/c1-6-7-15-20-14-8-9-22(11-13(14)16(23)21-15)10-12(2)19-17(24)25-18(3,4)5/h12H,6-11H2,1-5H3,(H,19,24)(H,20,21,23). The van der Waals surface area contributed by atoms with Gasteiger partial charge in [0.15, 0.2) is 0 Å². The summed E-state index contributed by atoms with van der Waals surface area (Å²) in [5.74, 6) is 0.777. The van der Waals surface area contributed by atoms with Crippen LogP contribution in [0.2, 0.25) is 0 Å². The highest BCUT2D eigenvalue weighted by atomic mass is 16.6. The van der Waals surface area contributed by atoms with Crippen molar-refractivity contribution in [2.24, 2.45) is 0 Å². The normalized spacial score (nSPS) is 16.2. The molecule has 0 saturated heterocycles. The Labute approximate surface area is 149 Å². The van der Waals surface area contributed by atoms with Crippen molar-refractivity contribution in [2.75, 3.05) is 13.1 Å². The number of aryl methyl sites for hydroxylation is 1. The number of hydrogen-bond acceptors (Lipinski definition) is 5. The molecule has 1 atom stereocenters. The smallest absolute Gasteiger partial charge is 0.407 e. The molecule has 0 radical (unpaired) electrons. The molecule has 140 valence electrons. The Hall–Kier alpha value is -1.89. The Morgan fingerprint density at radius 1 is 1.44 bits per heavy atom. The maximum Gasteiger partial charge on any atom is 0.407 e. The van der Waals surface area contributed by atoms with Crippen LogP contribution in [0.15, 0.2) is 4.79 Å². The third kappa shape index (κ3) is 5.85. The third-order valence-corrected chi connectivity index (χ3v) is 3.98. The zero-order valence-corrected chi connectivity index (χ0v) is 15.9. The fraction of sp³-hybridized carbons (Fsp3) is 0.722. The van der Waals surface area contributed by atoms with E-state index in [1.165, 1.54) is 0 Å². The lowest BCUT2D eigenvalue weighted by Crippen LogP contribution is -2.46. The maximum absolute atomic E-state index is 12.3. The fourth-order valence-corrected chi connectivity index (χ4v) is 2.99. The molecular weight excluding hydrogens is 320 g/mol. The van der Waals surface area contributed by atoms with Crippen molar-refractivity contribution < 1.29 is 9.53 Å². The molecule has 1 aliphatic rings. The van der Waals surface area contributed by atoms with Crippen LogP contribution < -0.4 is 10.9 Å². The minimum absolute atomic E-state index is 0.0362. The van der Waals surface area contributed by atoms with E-state index < -0.39 is 11.7 Å². The van der Waals surface area contributed by atoms with E-state index in [1.807, 2.05) is 27.7 Å². The van der Waals surface area contributed by atoms with Gasteiger partial charge in [-0.1, -0.05) is 6.92 Å². The summed E-state index contributed by atoms with van der Waals surface area (Å²) in [4.78, 5) is 33.8. The Kier molecular flexibility index (Phi) is 6.21. The minimum atomic E-state index is -0.511. The minimum Gasteiger partial charge on any atom is -0.444 e. The number of nitrogens with one attached hydrogen (secondary N) is 2. The van der Waals surface area contributed by atoms with Gasteiger partial charge in [0, 0.05) is 38.5 Å². The highest BCUT2D eigenvalue weighted by Crippen LogP contribution is 2.14. The van der Waals surface area contributed by atoms with Crippen molar-refractivity contribution in [2.45, 2.75) is 72.1 Å². The van der Waals surface area contributed by atoms with Crippen LogP contribution >= 0.6 is 0 Å². The lowest BCUT2D eigenvalue weighted by atomic mass is 10.1. The molecule has 1 aliphatic heterocycles. The van der Waals surface area contributed by atoms with E-state index in [4.69, 9.17) is 4.74 Å². The van der Waals surface area contributed by atoms with Gasteiger partial charge in [-0.3, -0.25) is 9.69 Å². The van der Waals surface area contributed by atoms with Gasteiger partial charge >= 0.3 is 6.09 Å². The van der Waals surface area contributed by atoms with Crippen LogP contribution in [-0.2, 0) is 24.1 Å². The van der Waals surface area contributed by atoms with Gasteiger partial charge < -0.3 is 15.0 Å². The van der Waals surface area contributed by atoms with Crippen LogP contribution in [0, 0.1) is 0 Å². The monoisotopic (exact) mass is 350 g/mol. The van der Waals surface area contributed by atoms with Gasteiger partial charge in [-0.2, -0.15) is 0 Å². The second-order valence-corrected chi connectivity index (χ2v) is 7.72. The summed E-state index contributed by atoms with van der Waals surface area (Å²) in [6, 6.07) is -0.0668. The number of aromatic nitrogens is 2. The number of H-pyrrole nitrogens is 1. The molecule has 1 aromatic rings. The molecule has 2 heterocycles. The van der Waals surface area contributed by atoms with Crippen LogP contribution in [0.5, 0.6) is 0 Å². The van der Waals surface area contributed by atoms with E-state index in [9.17, 15) is 9.59 Å². The molecule has 0 saturated carbocycles. The van der Waals surface area contributed by atoms with Crippen molar-refractivity contribution >= 4 is 6.09 Å². The number of ether oxygens (including phenoxy) is 1. The van der Waals surface area contributed by atoms with E-state index in [2.05, 4.69) is 27.1 Å². The van der Waals surface area contributed by atoms with Crippen molar-refractivity contribution in [3.05, 3.63) is 27.4 Å². The first-order chi connectivity index (χ1) is 11.7. The van der Waals surface area contributed by atoms with Crippen LogP contribution in [0.4, 0.5) is 4.79 Å². The number of fused-ring (bicyclic) bond motifs is 1. The van der Waals surface area contributed by atoms with E-state index in [0.29, 0.717) is 13.1 Å². The van der Waals surface area contributed by atoms with Crippen molar-refractivity contribution in [1.82, 2.24) is 20.2 Å². The maximum atomic E-state index is 12.3. The van der Waals surface area contributed by atoms with Crippen LogP contribution in [0.1, 0.15) is 58.1 Å². The Morgan fingerprint density at radius 3 is 2.80 bits per heavy atom. The van der Waals surface area contributed by atoms with Gasteiger partial charge in [-0.05, 0) is 34.1 Å². The van der Waals surface area contributed by atoms with Crippen molar-refractivity contribution in [3.8, 4) is 0 Å². The molecule has 0 spiro atoms. The van der Waals surface area contributed by atoms with Crippen molar-refractivity contribution in [1.29, 1.82) is 0 Å². The molecule has 7 nitrogen and oxygen atoms in total. The van der Waals surface area contributed by atoms with E-state index in [1.54, 1.807) is 0 Å². The zero-order chi connectivity index (χ0) is 18.6. The average Bonchev–Trinajstić information content (AvgIpc) is 2.46.